The monoisotopic (exact) mass is 510 g/mol. The molecule has 1 aliphatic rings. The van der Waals surface area contributed by atoms with E-state index >= 15 is 0 Å². The molecule has 0 aliphatic heterocycles. The second-order valence-corrected chi connectivity index (χ2v) is 9.65. The van der Waals surface area contributed by atoms with Crippen LogP contribution in [0.5, 0.6) is 0 Å². The third-order valence-corrected chi connectivity index (χ3v) is 6.83. The number of nitrogens with one attached hydrogen (secondary N) is 2. The smallest absolute Gasteiger partial charge is 0.274 e. The van der Waals surface area contributed by atoms with Crippen LogP contribution in [0.15, 0.2) is 54.6 Å². The molecule has 0 radical (unpaired) electrons. The van der Waals surface area contributed by atoms with Crippen molar-refractivity contribution in [1.82, 2.24) is 15.2 Å². The molecule has 2 aromatic carbocycles. The Morgan fingerprint density at radius 1 is 0.973 bits per heavy atom. The first-order valence-corrected chi connectivity index (χ1v) is 12.1. The molecule has 9 heteroatoms. The molecule has 2 amide bonds. The fourth-order valence-corrected chi connectivity index (χ4v) is 4.27. The molecule has 6 nitrogen and oxygen atoms in total. The third kappa shape index (κ3) is 5.67. The number of carbonyl (C=O) groups excluding carboxylic acids is 2. The summed E-state index contributed by atoms with van der Waals surface area (Å²) in [7, 11) is 1.90. The van der Waals surface area contributed by atoms with Gasteiger partial charge in [-0.05, 0) is 82.1 Å². The van der Waals surface area contributed by atoms with Crippen molar-refractivity contribution in [2.45, 2.75) is 44.7 Å². The molecule has 4 rings (SSSR count). The summed E-state index contributed by atoms with van der Waals surface area (Å²) in [5.41, 5.74) is -0.446. The van der Waals surface area contributed by atoms with Crippen LogP contribution in [0.4, 0.5) is 18.9 Å². The number of amides is 2. The Hall–Kier alpha value is -3.72. The number of hydrogen-bond acceptors (Lipinski definition) is 4. The number of anilines is 1. The van der Waals surface area contributed by atoms with Gasteiger partial charge < -0.3 is 10.6 Å². The molecule has 0 atom stereocenters. The van der Waals surface area contributed by atoms with Gasteiger partial charge in [0.1, 0.15) is 28.8 Å². The van der Waals surface area contributed by atoms with Crippen LogP contribution in [0.1, 0.15) is 49.2 Å². The van der Waals surface area contributed by atoms with E-state index in [2.05, 4.69) is 15.6 Å². The van der Waals surface area contributed by atoms with Crippen LogP contribution >= 0.6 is 0 Å². The zero-order chi connectivity index (χ0) is 26.7. The van der Waals surface area contributed by atoms with Crippen LogP contribution in [0, 0.1) is 17.5 Å². The van der Waals surface area contributed by atoms with Gasteiger partial charge >= 0.3 is 0 Å². The topological polar surface area (TPSA) is 74.3 Å². The van der Waals surface area contributed by atoms with Crippen molar-refractivity contribution in [2.75, 3.05) is 18.9 Å². The predicted octanol–water partition coefficient (Wildman–Crippen LogP) is 5.25. The third-order valence-electron chi connectivity index (χ3n) is 6.83. The lowest BCUT2D eigenvalue weighted by Gasteiger charge is -2.43. The van der Waals surface area contributed by atoms with Crippen LogP contribution in [0.25, 0.3) is 11.3 Å². The molecular formula is C28H29F3N4O2. The van der Waals surface area contributed by atoms with Crippen molar-refractivity contribution >= 4 is 17.5 Å². The average Bonchev–Trinajstić information content (AvgIpc) is 2.83. The lowest BCUT2D eigenvalue weighted by Crippen LogP contribution is -2.53. The highest BCUT2D eigenvalue weighted by Crippen LogP contribution is 2.41. The number of nitrogens with zero attached hydrogens (tertiary/aromatic N) is 2. The van der Waals surface area contributed by atoms with Crippen molar-refractivity contribution in [1.29, 1.82) is 0 Å². The highest BCUT2D eigenvalue weighted by atomic mass is 19.1. The van der Waals surface area contributed by atoms with Gasteiger partial charge in [-0.1, -0.05) is 18.2 Å². The molecule has 1 aromatic heterocycles. The molecule has 1 saturated carbocycles. The summed E-state index contributed by atoms with van der Waals surface area (Å²) in [5, 5.41) is 5.85. The molecule has 0 bridgehead atoms. The van der Waals surface area contributed by atoms with Gasteiger partial charge in [0.15, 0.2) is 0 Å². The average molecular weight is 511 g/mol. The molecule has 1 heterocycles. The summed E-state index contributed by atoms with van der Waals surface area (Å²) in [5.74, 6) is -3.61. The fraction of sp³-hybridized carbons (Fsp3) is 0.321. The maximum Gasteiger partial charge on any atom is 0.274 e. The van der Waals surface area contributed by atoms with Gasteiger partial charge in [0.25, 0.3) is 5.91 Å². The zero-order valence-electron chi connectivity index (χ0n) is 20.9. The predicted molar refractivity (Wildman–Crippen MR) is 135 cm³/mol. The quantitative estimate of drug-likeness (QED) is 0.434. The Bertz CT molecular complexity index is 1290. The van der Waals surface area contributed by atoms with Gasteiger partial charge in [0, 0.05) is 11.7 Å². The second-order valence-electron chi connectivity index (χ2n) is 9.65. The van der Waals surface area contributed by atoms with Crippen LogP contribution in [-0.2, 0) is 10.3 Å². The first-order valence-electron chi connectivity index (χ1n) is 12.1. The SMILES string of the molecule is CC(C)N(C)CC(=O)NC1(c2ccc(NC(=O)c3ccc(F)c(-c4c(F)cccc4F)n3)cc2)CCC1. The Labute approximate surface area is 213 Å². The number of likely N-dealkylation sites (N-methyl/N-ethyl adjacent to an activating group) is 1. The van der Waals surface area contributed by atoms with Crippen LogP contribution < -0.4 is 10.6 Å². The fourth-order valence-electron chi connectivity index (χ4n) is 4.27. The molecule has 0 spiro atoms. The molecule has 3 aromatic rings. The number of carbonyl (C=O) groups is 2. The van der Waals surface area contributed by atoms with E-state index < -0.39 is 40.2 Å². The minimum atomic E-state index is -0.979. The number of benzene rings is 2. The van der Waals surface area contributed by atoms with E-state index in [0.29, 0.717) is 12.2 Å². The summed E-state index contributed by atoms with van der Waals surface area (Å²) >= 11 is 0. The van der Waals surface area contributed by atoms with E-state index in [0.717, 1.165) is 55.2 Å². The van der Waals surface area contributed by atoms with Gasteiger partial charge in [-0.25, -0.2) is 18.2 Å². The largest absolute Gasteiger partial charge is 0.345 e. The first kappa shape index (κ1) is 26.3. The molecule has 1 aliphatic carbocycles. The molecule has 0 unspecified atom stereocenters. The maximum atomic E-state index is 14.3. The standard InChI is InChI=1S/C28H29F3N4O2/c1-17(2)35(3)16-24(36)34-28(14-5-15-28)18-8-10-19(11-9-18)32-27(37)23-13-12-22(31)26(33-23)25-20(29)6-4-7-21(25)30/h4,6-13,17H,5,14-16H2,1-3H3,(H,32,37)(H,34,36). The van der Waals surface area contributed by atoms with E-state index in [4.69, 9.17) is 0 Å². The van der Waals surface area contributed by atoms with Gasteiger partial charge in [-0.15, -0.1) is 0 Å². The van der Waals surface area contributed by atoms with Crippen molar-refractivity contribution < 1.29 is 22.8 Å². The lowest BCUT2D eigenvalue weighted by molar-refractivity contribution is -0.125. The van der Waals surface area contributed by atoms with Crippen molar-refractivity contribution in [2.24, 2.45) is 0 Å². The normalized spacial score (nSPS) is 14.4. The number of pyridine rings is 1. The minimum absolute atomic E-state index is 0.0437. The van der Waals surface area contributed by atoms with Crippen LogP contribution in [-0.4, -0.2) is 41.3 Å². The summed E-state index contributed by atoms with van der Waals surface area (Å²) in [6, 6.07) is 12.6. The summed E-state index contributed by atoms with van der Waals surface area (Å²) < 4.78 is 42.7. The maximum absolute atomic E-state index is 14.3. The summed E-state index contributed by atoms with van der Waals surface area (Å²) in [4.78, 5) is 31.3. The van der Waals surface area contributed by atoms with Crippen LogP contribution in [0.2, 0.25) is 0 Å². The summed E-state index contributed by atoms with van der Waals surface area (Å²) in [6.45, 7) is 4.36. The number of hydrogen-bond donors (Lipinski definition) is 2. The minimum Gasteiger partial charge on any atom is -0.345 e. The van der Waals surface area contributed by atoms with Crippen LogP contribution in [0.3, 0.4) is 0 Å². The molecule has 37 heavy (non-hydrogen) atoms. The summed E-state index contributed by atoms with van der Waals surface area (Å²) in [6.07, 6.45) is 2.65. The van der Waals surface area contributed by atoms with E-state index in [1.54, 1.807) is 12.1 Å². The Morgan fingerprint density at radius 3 is 2.19 bits per heavy atom. The second kappa shape index (κ2) is 10.7. The highest BCUT2D eigenvalue weighted by Gasteiger charge is 2.40. The van der Waals surface area contributed by atoms with Gasteiger partial charge in [-0.3, -0.25) is 14.5 Å². The van der Waals surface area contributed by atoms with E-state index in [-0.39, 0.29) is 17.6 Å². The first-order chi connectivity index (χ1) is 17.6. The Balaban J connectivity index is 1.48. The molecule has 0 saturated heterocycles. The lowest BCUT2D eigenvalue weighted by atomic mass is 9.71. The van der Waals surface area contributed by atoms with E-state index in [9.17, 15) is 22.8 Å². The number of rotatable bonds is 8. The van der Waals surface area contributed by atoms with Crippen molar-refractivity contribution in [3.63, 3.8) is 0 Å². The Kier molecular flexibility index (Phi) is 7.63. The van der Waals surface area contributed by atoms with Crippen molar-refractivity contribution in [3.8, 4) is 11.3 Å². The van der Waals surface area contributed by atoms with Gasteiger partial charge in [0.05, 0.1) is 17.6 Å². The Morgan fingerprint density at radius 2 is 1.62 bits per heavy atom. The van der Waals surface area contributed by atoms with E-state index in [1.807, 2.05) is 37.9 Å². The molecule has 2 N–H and O–H groups in total. The molecular weight excluding hydrogens is 481 g/mol. The zero-order valence-corrected chi connectivity index (χ0v) is 20.9. The highest BCUT2D eigenvalue weighted by molar-refractivity contribution is 6.03. The van der Waals surface area contributed by atoms with Gasteiger partial charge in [-0.2, -0.15) is 0 Å². The molecule has 194 valence electrons. The van der Waals surface area contributed by atoms with Gasteiger partial charge in [0.2, 0.25) is 5.91 Å². The van der Waals surface area contributed by atoms with E-state index in [1.165, 1.54) is 0 Å². The number of aromatic nitrogens is 1. The van der Waals surface area contributed by atoms with Crippen molar-refractivity contribution in [3.05, 3.63) is 83.3 Å². The molecule has 1 fully saturated rings. The number of halogens is 3.